The van der Waals surface area contributed by atoms with Crippen LogP contribution in [0.1, 0.15) is 32.1 Å². The van der Waals surface area contributed by atoms with E-state index in [-0.39, 0.29) is 24.7 Å². The molecule has 6 heteroatoms. The Morgan fingerprint density at radius 1 is 1.21 bits per heavy atom. The van der Waals surface area contributed by atoms with E-state index in [1.807, 2.05) is 4.90 Å². The van der Waals surface area contributed by atoms with Crippen LogP contribution in [0.4, 0.5) is 0 Å². The molecule has 2 heterocycles. The molecule has 0 radical (unpaired) electrons. The van der Waals surface area contributed by atoms with Gasteiger partial charge in [-0.2, -0.15) is 0 Å². The van der Waals surface area contributed by atoms with Gasteiger partial charge in [-0.1, -0.05) is 0 Å². The highest BCUT2D eigenvalue weighted by Crippen LogP contribution is 2.19. The number of carbonyl (C=O) groups is 2. The normalized spacial score (nSPS) is 25.3. The van der Waals surface area contributed by atoms with Gasteiger partial charge in [0.15, 0.2) is 0 Å². The molecular weight excluding hydrogens is 250 g/mol. The van der Waals surface area contributed by atoms with Crippen molar-refractivity contribution >= 4 is 11.9 Å². The Labute approximate surface area is 112 Å². The quantitative estimate of drug-likeness (QED) is 0.812. The molecule has 19 heavy (non-hydrogen) atoms. The second-order valence-corrected chi connectivity index (χ2v) is 5.08. The molecule has 0 spiro atoms. The van der Waals surface area contributed by atoms with Crippen molar-refractivity contribution in [2.75, 3.05) is 26.3 Å². The van der Waals surface area contributed by atoms with Crippen LogP contribution in [0, 0.1) is 0 Å². The van der Waals surface area contributed by atoms with Gasteiger partial charge in [0.25, 0.3) is 5.91 Å². The number of ether oxygens (including phenoxy) is 2. The van der Waals surface area contributed by atoms with Gasteiger partial charge in [-0.15, -0.1) is 0 Å². The molecule has 6 nitrogen and oxygen atoms in total. The molecule has 2 saturated heterocycles. The summed E-state index contributed by atoms with van der Waals surface area (Å²) in [6.07, 6.45) is 3.98. The van der Waals surface area contributed by atoms with Crippen LogP contribution in [0.2, 0.25) is 0 Å². The number of piperidine rings is 1. The topological polar surface area (TPSA) is 76.1 Å². The lowest BCUT2D eigenvalue weighted by molar-refractivity contribution is -0.152. The molecule has 2 aliphatic rings. The van der Waals surface area contributed by atoms with Crippen LogP contribution >= 0.6 is 0 Å². The van der Waals surface area contributed by atoms with Crippen LogP contribution in [0.3, 0.4) is 0 Å². The van der Waals surface area contributed by atoms with Crippen LogP contribution < -0.4 is 0 Å². The molecule has 108 valence electrons. The van der Waals surface area contributed by atoms with Crippen molar-refractivity contribution in [3.05, 3.63) is 0 Å². The van der Waals surface area contributed by atoms with Crippen LogP contribution in [-0.2, 0) is 19.1 Å². The maximum absolute atomic E-state index is 12.2. The lowest BCUT2D eigenvalue weighted by Crippen LogP contribution is -2.47. The molecular formula is C13H21NO5. The van der Waals surface area contributed by atoms with Crippen LogP contribution in [0.15, 0.2) is 0 Å². The summed E-state index contributed by atoms with van der Waals surface area (Å²) in [4.78, 5) is 24.4. The zero-order valence-electron chi connectivity index (χ0n) is 11.0. The molecule has 0 aromatic carbocycles. The Balaban J connectivity index is 1.72. The van der Waals surface area contributed by atoms with Gasteiger partial charge in [0.05, 0.1) is 6.10 Å². The van der Waals surface area contributed by atoms with Gasteiger partial charge in [0.1, 0.15) is 12.7 Å². The molecule has 1 atom stereocenters. The number of hydrogen-bond donors (Lipinski definition) is 1. The Morgan fingerprint density at radius 3 is 2.53 bits per heavy atom. The zero-order chi connectivity index (χ0) is 13.7. The number of carbonyl (C=O) groups excluding carboxylic acids is 1. The van der Waals surface area contributed by atoms with Gasteiger partial charge in [-0.25, -0.2) is 4.79 Å². The molecule has 1 amide bonds. The molecule has 2 fully saturated rings. The van der Waals surface area contributed by atoms with E-state index in [9.17, 15) is 9.59 Å². The van der Waals surface area contributed by atoms with Crippen LogP contribution in [-0.4, -0.2) is 60.4 Å². The third kappa shape index (κ3) is 4.18. The smallest absolute Gasteiger partial charge is 0.329 e. The SMILES string of the molecule is O=C(O)COC1CCN(C(=O)C2CCCCO2)CC1. The summed E-state index contributed by atoms with van der Waals surface area (Å²) < 4.78 is 10.7. The Hall–Kier alpha value is -1.14. The van der Waals surface area contributed by atoms with Crippen LogP contribution in [0.5, 0.6) is 0 Å². The first-order valence-corrected chi connectivity index (χ1v) is 6.90. The fourth-order valence-electron chi connectivity index (χ4n) is 2.57. The van der Waals surface area contributed by atoms with Crippen molar-refractivity contribution in [2.24, 2.45) is 0 Å². The summed E-state index contributed by atoms with van der Waals surface area (Å²) in [5.41, 5.74) is 0. The van der Waals surface area contributed by atoms with Gasteiger partial charge < -0.3 is 19.5 Å². The average molecular weight is 271 g/mol. The highest BCUT2D eigenvalue weighted by molar-refractivity contribution is 5.81. The first kappa shape index (κ1) is 14.3. The third-order valence-corrected chi connectivity index (χ3v) is 3.65. The largest absolute Gasteiger partial charge is 0.480 e. The highest BCUT2D eigenvalue weighted by Gasteiger charge is 2.30. The first-order valence-electron chi connectivity index (χ1n) is 6.90. The summed E-state index contributed by atoms with van der Waals surface area (Å²) in [6, 6.07) is 0. The number of aliphatic carboxylic acids is 1. The molecule has 0 aliphatic carbocycles. The van der Waals surface area contributed by atoms with Crippen molar-refractivity contribution in [1.82, 2.24) is 4.90 Å². The highest BCUT2D eigenvalue weighted by atomic mass is 16.5. The maximum atomic E-state index is 12.2. The van der Waals surface area contributed by atoms with E-state index in [0.717, 1.165) is 19.3 Å². The predicted octanol–water partition coefficient (Wildman–Crippen LogP) is 0.648. The fraction of sp³-hybridized carbons (Fsp3) is 0.846. The van der Waals surface area contributed by atoms with E-state index >= 15 is 0 Å². The Kier molecular flexibility index (Phi) is 5.15. The third-order valence-electron chi connectivity index (χ3n) is 3.65. The second-order valence-electron chi connectivity index (χ2n) is 5.08. The molecule has 2 rings (SSSR count). The monoisotopic (exact) mass is 271 g/mol. The van der Waals surface area contributed by atoms with E-state index in [4.69, 9.17) is 14.6 Å². The predicted molar refractivity (Wildman–Crippen MR) is 66.8 cm³/mol. The minimum atomic E-state index is -0.950. The lowest BCUT2D eigenvalue weighted by Gasteiger charge is -2.34. The van der Waals surface area contributed by atoms with Crippen molar-refractivity contribution in [1.29, 1.82) is 0 Å². The number of rotatable bonds is 4. The standard InChI is InChI=1S/C13H21NO5/c15-12(16)9-19-10-4-6-14(7-5-10)13(17)11-3-1-2-8-18-11/h10-11H,1-9H2,(H,15,16). The Morgan fingerprint density at radius 2 is 1.95 bits per heavy atom. The minimum Gasteiger partial charge on any atom is -0.480 e. The molecule has 0 bridgehead atoms. The van der Waals surface area contributed by atoms with E-state index in [0.29, 0.717) is 32.5 Å². The van der Waals surface area contributed by atoms with Gasteiger partial charge >= 0.3 is 5.97 Å². The number of carboxylic acids is 1. The van der Waals surface area contributed by atoms with Crippen molar-refractivity contribution in [3.8, 4) is 0 Å². The summed E-state index contributed by atoms with van der Waals surface area (Å²) in [7, 11) is 0. The fourth-order valence-corrected chi connectivity index (χ4v) is 2.57. The maximum Gasteiger partial charge on any atom is 0.329 e. The van der Waals surface area contributed by atoms with E-state index in [1.165, 1.54) is 0 Å². The van der Waals surface area contributed by atoms with Gasteiger partial charge in [-0.05, 0) is 32.1 Å². The molecule has 0 aromatic rings. The Bertz CT molecular complexity index is 319. The summed E-state index contributed by atoms with van der Waals surface area (Å²) in [6.45, 7) is 1.67. The van der Waals surface area contributed by atoms with E-state index < -0.39 is 5.97 Å². The van der Waals surface area contributed by atoms with Crippen molar-refractivity contribution in [2.45, 2.75) is 44.3 Å². The first-order chi connectivity index (χ1) is 9.16. The number of likely N-dealkylation sites (tertiary alicyclic amines) is 1. The summed E-state index contributed by atoms with van der Waals surface area (Å²) in [5.74, 6) is -0.870. The number of nitrogens with zero attached hydrogens (tertiary/aromatic N) is 1. The minimum absolute atomic E-state index is 0.0487. The number of amides is 1. The van der Waals surface area contributed by atoms with Gasteiger partial charge in [-0.3, -0.25) is 4.79 Å². The molecule has 0 aromatic heterocycles. The van der Waals surface area contributed by atoms with E-state index in [1.54, 1.807) is 0 Å². The average Bonchev–Trinajstić information content (AvgIpc) is 2.46. The molecule has 2 aliphatic heterocycles. The second kappa shape index (κ2) is 6.86. The van der Waals surface area contributed by atoms with Crippen molar-refractivity contribution < 1.29 is 24.2 Å². The number of carboxylic acid groups (broad SMARTS) is 1. The van der Waals surface area contributed by atoms with Gasteiger partial charge in [0, 0.05) is 19.7 Å². The molecule has 0 saturated carbocycles. The summed E-state index contributed by atoms with van der Waals surface area (Å²) >= 11 is 0. The van der Waals surface area contributed by atoms with Crippen molar-refractivity contribution in [3.63, 3.8) is 0 Å². The van der Waals surface area contributed by atoms with E-state index in [2.05, 4.69) is 0 Å². The van der Waals surface area contributed by atoms with Crippen LogP contribution in [0.25, 0.3) is 0 Å². The summed E-state index contributed by atoms with van der Waals surface area (Å²) in [5, 5.41) is 8.55. The molecule has 1 N–H and O–H groups in total. The molecule has 1 unspecified atom stereocenters. The zero-order valence-corrected chi connectivity index (χ0v) is 11.0. The lowest BCUT2D eigenvalue weighted by atomic mass is 10.0. The van der Waals surface area contributed by atoms with Gasteiger partial charge in [0.2, 0.25) is 0 Å². The number of hydrogen-bond acceptors (Lipinski definition) is 4.